The van der Waals surface area contributed by atoms with Crippen LogP contribution in [0.5, 0.6) is 0 Å². The van der Waals surface area contributed by atoms with E-state index in [2.05, 4.69) is 15.3 Å². The molecule has 0 radical (unpaired) electrons. The number of hydrogen-bond donors (Lipinski definition) is 1. The Hall–Kier alpha value is -3.13. The molecule has 4 rings (SSSR count). The van der Waals surface area contributed by atoms with Crippen LogP contribution in [0.25, 0.3) is 20.4 Å². The lowest BCUT2D eigenvalue weighted by Gasteiger charge is -2.17. The molecule has 0 saturated carbocycles. The number of anilines is 1. The number of benzene rings is 1. The van der Waals surface area contributed by atoms with Crippen molar-refractivity contribution in [2.45, 2.75) is 19.4 Å². The normalized spacial score (nSPS) is 12.4. The van der Waals surface area contributed by atoms with Crippen LogP contribution in [0.1, 0.15) is 19.4 Å². The van der Waals surface area contributed by atoms with Gasteiger partial charge in [-0.15, -0.1) is 11.3 Å². The summed E-state index contributed by atoms with van der Waals surface area (Å²) in [4.78, 5) is 35.0. The largest absolute Gasteiger partial charge is 0.322 e. The molecule has 0 saturated heterocycles. The summed E-state index contributed by atoms with van der Waals surface area (Å²) in [6.45, 7) is 1.79. The number of amides is 1. The van der Waals surface area contributed by atoms with Crippen molar-refractivity contribution in [3.63, 3.8) is 0 Å². The zero-order chi connectivity index (χ0) is 19.0. The summed E-state index contributed by atoms with van der Waals surface area (Å²) in [5, 5.41) is 3.36. The van der Waals surface area contributed by atoms with Crippen LogP contribution >= 0.6 is 11.3 Å². The Bertz CT molecular complexity index is 1220. The van der Waals surface area contributed by atoms with Gasteiger partial charge in [-0.2, -0.15) is 0 Å². The van der Waals surface area contributed by atoms with Crippen LogP contribution in [-0.2, 0) is 4.79 Å². The van der Waals surface area contributed by atoms with E-state index in [9.17, 15) is 14.0 Å². The third-order valence-corrected chi connectivity index (χ3v) is 5.43. The molecule has 6 nitrogen and oxygen atoms in total. The molecule has 0 aliphatic rings. The molecule has 27 heavy (non-hydrogen) atoms. The fourth-order valence-corrected chi connectivity index (χ4v) is 4.03. The number of carbonyl (C=O) groups is 1. The van der Waals surface area contributed by atoms with Crippen molar-refractivity contribution in [1.82, 2.24) is 14.5 Å². The lowest BCUT2D eigenvalue weighted by molar-refractivity contribution is -0.119. The highest BCUT2D eigenvalue weighted by Crippen LogP contribution is 2.28. The van der Waals surface area contributed by atoms with E-state index in [0.717, 1.165) is 10.2 Å². The molecule has 0 aliphatic heterocycles. The summed E-state index contributed by atoms with van der Waals surface area (Å²) in [6, 6.07) is 8.76. The van der Waals surface area contributed by atoms with Crippen molar-refractivity contribution >= 4 is 43.4 Å². The number of fused-ring (bicyclic) bond motifs is 3. The zero-order valence-electron chi connectivity index (χ0n) is 14.3. The average Bonchev–Trinajstić information content (AvgIpc) is 3.06. The summed E-state index contributed by atoms with van der Waals surface area (Å²) in [5.74, 6) is -0.998. The van der Waals surface area contributed by atoms with Gasteiger partial charge in [-0.05, 0) is 30.7 Å². The van der Waals surface area contributed by atoms with Gasteiger partial charge in [0.15, 0.2) is 0 Å². The van der Waals surface area contributed by atoms with E-state index in [0.29, 0.717) is 16.6 Å². The van der Waals surface area contributed by atoms with Gasteiger partial charge in [-0.1, -0.05) is 19.1 Å². The average molecular weight is 382 g/mol. The molecular formula is C19H15FN4O2S. The maximum atomic E-state index is 13.8. The molecule has 1 atom stereocenters. The monoisotopic (exact) mass is 382 g/mol. The van der Waals surface area contributed by atoms with Gasteiger partial charge in [0, 0.05) is 11.6 Å². The molecule has 0 fully saturated rings. The van der Waals surface area contributed by atoms with Crippen molar-refractivity contribution in [3.05, 3.63) is 65.1 Å². The highest BCUT2D eigenvalue weighted by Gasteiger charge is 2.23. The molecule has 0 bridgehead atoms. The van der Waals surface area contributed by atoms with E-state index in [4.69, 9.17) is 0 Å². The molecular weight excluding hydrogens is 367 g/mol. The Kier molecular flexibility index (Phi) is 4.41. The van der Waals surface area contributed by atoms with Crippen molar-refractivity contribution in [1.29, 1.82) is 0 Å². The molecule has 4 aromatic rings. The number of thiophene rings is 1. The number of para-hydroxylation sites is 1. The minimum absolute atomic E-state index is 0.0779. The number of carbonyl (C=O) groups excluding carboxylic acids is 1. The second kappa shape index (κ2) is 6.88. The maximum absolute atomic E-state index is 13.8. The maximum Gasteiger partial charge on any atom is 0.272 e. The third-order valence-electron chi connectivity index (χ3n) is 4.34. The van der Waals surface area contributed by atoms with Gasteiger partial charge in [0.2, 0.25) is 5.91 Å². The number of nitrogens with one attached hydrogen (secondary N) is 1. The topological polar surface area (TPSA) is 76.9 Å². The van der Waals surface area contributed by atoms with Gasteiger partial charge in [0.05, 0.1) is 17.5 Å². The molecule has 136 valence electrons. The van der Waals surface area contributed by atoms with Crippen molar-refractivity contribution < 1.29 is 9.18 Å². The zero-order valence-corrected chi connectivity index (χ0v) is 15.2. The Balaban J connectivity index is 1.76. The highest BCUT2D eigenvalue weighted by atomic mass is 32.1. The SMILES string of the molecule is CC[C@@H](C(=O)Nc1ccccc1F)n1cnc2c(sc3ncccc32)c1=O. The number of hydrogen-bond acceptors (Lipinski definition) is 5. The van der Waals surface area contributed by atoms with Crippen LogP contribution in [0.2, 0.25) is 0 Å². The Morgan fingerprint density at radius 1 is 1.26 bits per heavy atom. The van der Waals surface area contributed by atoms with Crippen LogP contribution in [0.15, 0.2) is 53.7 Å². The summed E-state index contributed by atoms with van der Waals surface area (Å²) < 4.78 is 15.6. The van der Waals surface area contributed by atoms with Crippen LogP contribution in [-0.4, -0.2) is 20.4 Å². The van der Waals surface area contributed by atoms with E-state index in [-0.39, 0.29) is 11.2 Å². The number of nitrogens with zero attached hydrogens (tertiary/aromatic N) is 3. The van der Waals surface area contributed by atoms with Crippen LogP contribution < -0.4 is 10.9 Å². The third kappa shape index (κ3) is 2.97. The molecule has 0 unspecified atom stereocenters. The Labute approximate surface area is 157 Å². The quantitative estimate of drug-likeness (QED) is 0.583. The minimum atomic E-state index is -0.799. The van der Waals surface area contributed by atoms with Crippen LogP contribution in [0.4, 0.5) is 10.1 Å². The lowest BCUT2D eigenvalue weighted by Crippen LogP contribution is -2.33. The van der Waals surface area contributed by atoms with Crippen molar-refractivity contribution in [3.8, 4) is 0 Å². The van der Waals surface area contributed by atoms with E-state index in [1.165, 1.54) is 34.4 Å². The lowest BCUT2D eigenvalue weighted by atomic mass is 10.2. The molecule has 0 aliphatic carbocycles. The van der Waals surface area contributed by atoms with E-state index < -0.39 is 17.8 Å². The molecule has 8 heteroatoms. The van der Waals surface area contributed by atoms with Gasteiger partial charge in [-0.3, -0.25) is 14.2 Å². The fraction of sp³-hybridized carbons (Fsp3) is 0.158. The smallest absolute Gasteiger partial charge is 0.272 e. The van der Waals surface area contributed by atoms with E-state index in [1.807, 2.05) is 6.07 Å². The first-order valence-electron chi connectivity index (χ1n) is 8.40. The standard InChI is InChI=1S/C19H15FN4O2S/c1-2-14(17(25)23-13-8-4-3-7-12(13)20)24-10-22-15-11-6-5-9-21-18(11)27-16(15)19(24)26/h3-10,14H,2H2,1H3,(H,23,25)/t14-/m0/s1. The summed E-state index contributed by atoms with van der Waals surface area (Å²) in [7, 11) is 0. The van der Waals surface area contributed by atoms with E-state index >= 15 is 0 Å². The minimum Gasteiger partial charge on any atom is -0.322 e. The predicted octanol–water partition coefficient (Wildman–Crippen LogP) is 3.74. The second-order valence-corrected chi connectivity index (χ2v) is 6.99. The second-order valence-electron chi connectivity index (χ2n) is 5.99. The van der Waals surface area contributed by atoms with Crippen LogP contribution in [0, 0.1) is 5.82 Å². The molecule has 1 aromatic carbocycles. The first-order chi connectivity index (χ1) is 13.1. The summed E-state index contributed by atoms with van der Waals surface area (Å²) >= 11 is 1.25. The van der Waals surface area contributed by atoms with Crippen molar-refractivity contribution in [2.24, 2.45) is 0 Å². The molecule has 1 N–H and O–H groups in total. The van der Waals surface area contributed by atoms with Gasteiger partial charge in [-0.25, -0.2) is 14.4 Å². The summed E-state index contributed by atoms with van der Waals surface area (Å²) in [6.07, 6.45) is 3.39. The molecule has 0 spiro atoms. The van der Waals surface area contributed by atoms with Gasteiger partial charge in [0.25, 0.3) is 5.56 Å². The van der Waals surface area contributed by atoms with Gasteiger partial charge >= 0.3 is 0 Å². The first kappa shape index (κ1) is 17.3. The van der Waals surface area contributed by atoms with Gasteiger partial charge < -0.3 is 5.32 Å². The van der Waals surface area contributed by atoms with E-state index in [1.54, 1.807) is 31.3 Å². The van der Waals surface area contributed by atoms with Crippen LogP contribution in [0.3, 0.4) is 0 Å². The Morgan fingerprint density at radius 2 is 2.07 bits per heavy atom. The fourth-order valence-electron chi connectivity index (χ4n) is 2.99. The summed E-state index contributed by atoms with van der Waals surface area (Å²) in [5.41, 5.74) is 0.348. The molecule has 1 amide bonds. The first-order valence-corrected chi connectivity index (χ1v) is 9.21. The number of aromatic nitrogens is 3. The number of halogens is 1. The number of pyridine rings is 1. The predicted molar refractivity (Wildman–Crippen MR) is 104 cm³/mol. The van der Waals surface area contributed by atoms with Gasteiger partial charge in [0.1, 0.15) is 21.4 Å². The molecule has 3 heterocycles. The molecule has 3 aromatic heterocycles. The highest BCUT2D eigenvalue weighted by molar-refractivity contribution is 7.25. The Morgan fingerprint density at radius 3 is 2.85 bits per heavy atom. The number of rotatable bonds is 4. The van der Waals surface area contributed by atoms with Crippen molar-refractivity contribution in [2.75, 3.05) is 5.32 Å².